The van der Waals surface area contributed by atoms with Crippen LogP contribution in [0, 0.1) is 11.6 Å². The van der Waals surface area contributed by atoms with Crippen molar-refractivity contribution in [1.82, 2.24) is 25.1 Å². The van der Waals surface area contributed by atoms with E-state index in [0.717, 1.165) is 19.0 Å². The zero-order chi connectivity index (χ0) is 17.1. The molecule has 0 radical (unpaired) electrons. The quantitative estimate of drug-likeness (QED) is 0.922. The predicted octanol–water partition coefficient (Wildman–Crippen LogP) is 1.99. The van der Waals surface area contributed by atoms with Crippen molar-refractivity contribution < 1.29 is 18.3 Å². The molecule has 9 heteroatoms. The molecular formula is C15H17F2N5O2. The molecule has 128 valence electrons. The lowest BCUT2D eigenvalue weighted by Crippen LogP contribution is -2.39. The number of pyridine rings is 1. The Hall–Kier alpha value is -2.42. The van der Waals surface area contributed by atoms with Gasteiger partial charge in [0.2, 0.25) is 0 Å². The fourth-order valence-electron chi connectivity index (χ4n) is 2.81. The monoisotopic (exact) mass is 337 g/mol. The molecule has 1 fully saturated rings. The van der Waals surface area contributed by atoms with Crippen molar-refractivity contribution in [2.24, 2.45) is 0 Å². The predicted molar refractivity (Wildman–Crippen MR) is 78.9 cm³/mol. The van der Waals surface area contributed by atoms with E-state index in [0.29, 0.717) is 30.7 Å². The first-order valence-corrected chi connectivity index (χ1v) is 7.62. The molecule has 24 heavy (non-hydrogen) atoms. The maximum atomic E-state index is 13.9. The van der Waals surface area contributed by atoms with Gasteiger partial charge >= 0.3 is 0 Å². The molecule has 7 nitrogen and oxygen atoms in total. The summed E-state index contributed by atoms with van der Waals surface area (Å²) < 4.78 is 31.9. The Morgan fingerprint density at radius 1 is 1.46 bits per heavy atom. The fourth-order valence-corrected chi connectivity index (χ4v) is 2.81. The number of hydrogen-bond donors (Lipinski definition) is 1. The van der Waals surface area contributed by atoms with Crippen LogP contribution in [0.15, 0.2) is 12.3 Å². The molecule has 0 saturated carbocycles. The normalized spacial score (nSPS) is 18.0. The highest BCUT2D eigenvalue weighted by atomic mass is 19.1. The number of aromatic nitrogens is 4. The number of aromatic amines is 1. The molecule has 1 N–H and O–H groups in total. The number of carbonyl (C=O) groups excluding carboxylic acids is 1. The molecule has 2 aromatic heterocycles. The lowest BCUT2D eigenvalue weighted by molar-refractivity contribution is 0.0588. The van der Waals surface area contributed by atoms with E-state index in [1.54, 1.807) is 7.11 Å². The Balaban J connectivity index is 1.87. The van der Waals surface area contributed by atoms with Crippen molar-refractivity contribution in [1.29, 1.82) is 0 Å². The van der Waals surface area contributed by atoms with Gasteiger partial charge in [0.15, 0.2) is 23.2 Å². The minimum Gasteiger partial charge on any atom is -0.377 e. The number of likely N-dealkylation sites (tertiary alicyclic amines) is 1. The second-order valence-corrected chi connectivity index (χ2v) is 5.57. The van der Waals surface area contributed by atoms with Crippen molar-refractivity contribution in [2.75, 3.05) is 13.7 Å². The summed E-state index contributed by atoms with van der Waals surface area (Å²) in [5, 5.41) is 6.90. The molecule has 1 aliphatic rings. The Bertz CT molecular complexity index is 736. The van der Waals surface area contributed by atoms with Crippen molar-refractivity contribution >= 4 is 5.91 Å². The number of ether oxygens (including phenoxy) is 1. The van der Waals surface area contributed by atoms with Crippen molar-refractivity contribution in [2.45, 2.75) is 31.9 Å². The van der Waals surface area contributed by atoms with E-state index in [9.17, 15) is 13.6 Å². The standard InChI is InChI=1S/C15H17F2N5O2/c1-24-8-12-19-14(21-20-12)11-4-2-3-5-22(11)15(23)13-10(17)6-9(16)7-18-13/h6-7,11H,2-5,8H2,1H3,(H,19,20,21)/t11-/m1/s1. The lowest BCUT2D eigenvalue weighted by Gasteiger charge is -2.33. The largest absolute Gasteiger partial charge is 0.377 e. The molecule has 0 spiro atoms. The third-order valence-electron chi connectivity index (χ3n) is 3.90. The molecule has 1 aliphatic heterocycles. The molecule has 0 unspecified atom stereocenters. The van der Waals surface area contributed by atoms with Gasteiger partial charge < -0.3 is 9.64 Å². The van der Waals surface area contributed by atoms with Crippen LogP contribution in [0.4, 0.5) is 8.78 Å². The third-order valence-corrected chi connectivity index (χ3v) is 3.90. The van der Waals surface area contributed by atoms with Gasteiger partial charge in [-0.25, -0.2) is 18.7 Å². The van der Waals surface area contributed by atoms with Gasteiger partial charge in [-0.15, -0.1) is 0 Å². The topological polar surface area (TPSA) is 84.0 Å². The Morgan fingerprint density at radius 2 is 2.29 bits per heavy atom. The molecule has 0 bridgehead atoms. The number of amides is 1. The summed E-state index contributed by atoms with van der Waals surface area (Å²) in [6.07, 6.45) is 3.19. The van der Waals surface area contributed by atoms with Crippen molar-refractivity contribution in [3.8, 4) is 0 Å². The van der Waals surface area contributed by atoms with E-state index in [4.69, 9.17) is 4.74 Å². The van der Waals surface area contributed by atoms with Crippen LogP contribution in [-0.4, -0.2) is 44.6 Å². The second-order valence-electron chi connectivity index (χ2n) is 5.57. The lowest BCUT2D eigenvalue weighted by atomic mass is 10.0. The van der Waals surface area contributed by atoms with Crippen LogP contribution in [0.5, 0.6) is 0 Å². The van der Waals surface area contributed by atoms with Gasteiger partial charge in [-0.3, -0.25) is 9.89 Å². The summed E-state index contributed by atoms with van der Waals surface area (Å²) in [4.78, 5) is 22.1. The first-order valence-electron chi connectivity index (χ1n) is 7.62. The number of methoxy groups -OCH3 is 1. The van der Waals surface area contributed by atoms with Crippen LogP contribution in [0.2, 0.25) is 0 Å². The van der Waals surface area contributed by atoms with Crippen LogP contribution in [-0.2, 0) is 11.3 Å². The van der Waals surface area contributed by atoms with Crippen molar-refractivity contribution in [3.63, 3.8) is 0 Å². The van der Waals surface area contributed by atoms with E-state index >= 15 is 0 Å². The molecule has 1 saturated heterocycles. The number of carbonyl (C=O) groups is 1. The first kappa shape index (κ1) is 16.4. The van der Waals surface area contributed by atoms with E-state index in [1.807, 2.05) is 0 Å². The van der Waals surface area contributed by atoms with Crippen LogP contribution < -0.4 is 0 Å². The maximum absolute atomic E-state index is 13.9. The molecule has 1 amide bonds. The third kappa shape index (κ3) is 3.25. The van der Waals surface area contributed by atoms with Gasteiger partial charge in [-0.2, -0.15) is 5.10 Å². The zero-order valence-electron chi connectivity index (χ0n) is 13.1. The minimum absolute atomic E-state index is 0.280. The maximum Gasteiger partial charge on any atom is 0.276 e. The number of nitrogens with one attached hydrogen (secondary N) is 1. The number of hydrogen-bond acceptors (Lipinski definition) is 5. The number of H-pyrrole nitrogens is 1. The van der Waals surface area contributed by atoms with E-state index in [1.165, 1.54) is 4.90 Å². The summed E-state index contributed by atoms with van der Waals surface area (Å²) in [5.41, 5.74) is -0.393. The van der Waals surface area contributed by atoms with Crippen LogP contribution in [0.1, 0.15) is 47.4 Å². The highest BCUT2D eigenvalue weighted by Crippen LogP contribution is 2.30. The van der Waals surface area contributed by atoms with Gasteiger partial charge in [0.05, 0.1) is 12.2 Å². The summed E-state index contributed by atoms with van der Waals surface area (Å²) in [6.45, 7) is 0.720. The van der Waals surface area contributed by atoms with Crippen LogP contribution in [0.3, 0.4) is 0 Å². The van der Waals surface area contributed by atoms with Gasteiger partial charge in [0.25, 0.3) is 5.91 Å². The molecule has 1 atom stereocenters. The number of piperidine rings is 1. The highest BCUT2D eigenvalue weighted by Gasteiger charge is 2.33. The van der Waals surface area contributed by atoms with Crippen LogP contribution >= 0.6 is 0 Å². The SMILES string of the molecule is COCc1nc([C@H]2CCCCN2C(=O)c2ncc(F)cc2F)n[nH]1. The molecule has 0 aromatic carbocycles. The van der Waals surface area contributed by atoms with Crippen LogP contribution in [0.25, 0.3) is 0 Å². The number of nitrogens with zero attached hydrogens (tertiary/aromatic N) is 4. The Morgan fingerprint density at radius 3 is 3.04 bits per heavy atom. The zero-order valence-corrected chi connectivity index (χ0v) is 13.1. The van der Waals surface area contributed by atoms with E-state index in [2.05, 4.69) is 20.2 Å². The van der Waals surface area contributed by atoms with Gasteiger partial charge in [-0.05, 0) is 19.3 Å². The smallest absolute Gasteiger partial charge is 0.276 e. The molecule has 0 aliphatic carbocycles. The highest BCUT2D eigenvalue weighted by molar-refractivity contribution is 5.92. The van der Waals surface area contributed by atoms with E-state index in [-0.39, 0.29) is 12.6 Å². The minimum atomic E-state index is -0.973. The molecule has 3 heterocycles. The second kappa shape index (κ2) is 7.00. The average Bonchev–Trinajstić information content (AvgIpc) is 3.03. The van der Waals surface area contributed by atoms with E-state index < -0.39 is 23.2 Å². The molecule has 3 rings (SSSR count). The fraction of sp³-hybridized carbons (Fsp3) is 0.467. The Labute approximate surface area is 137 Å². The average molecular weight is 337 g/mol. The number of halogens is 2. The van der Waals surface area contributed by atoms with Gasteiger partial charge in [0.1, 0.15) is 12.4 Å². The Kier molecular flexibility index (Phi) is 4.79. The summed E-state index contributed by atoms with van der Waals surface area (Å²) in [7, 11) is 1.54. The van der Waals surface area contributed by atoms with Gasteiger partial charge in [0, 0.05) is 19.7 Å². The first-order chi connectivity index (χ1) is 11.6. The summed E-state index contributed by atoms with van der Waals surface area (Å²) in [5.74, 6) is -1.37. The van der Waals surface area contributed by atoms with Gasteiger partial charge in [-0.1, -0.05) is 0 Å². The molecular weight excluding hydrogens is 320 g/mol. The summed E-state index contributed by atoms with van der Waals surface area (Å²) in [6, 6.07) is 0.280. The number of rotatable bonds is 4. The molecule has 2 aromatic rings. The van der Waals surface area contributed by atoms with Crippen molar-refractivity contribution in [3.05, 3.63) is 41.2 Å². The summed E-state index contributed by atoms with van der Waals surface area (Å²) >= 11 is 0.